The first-order valence-corrected chi connectivity index (χ1v) is 10.4. The average molecular weight is 422 g/mol. The SMILES string of the molecule is Cc1ccc(-n2ncc3c(=O)n(CCC(=O)N4CCC(C(N)=O)CC4)c(C)nc32)cc1. The molecule has 162 valence electrons. The topological polar surface area (TPSA) is 116 Å². The number of fused-ring (bicyclic) bond motifs is 1. The number of rotatable bonds is 5. The van der Waals surface area contributed by atoms with Crippen LogP contribution in [-0.4, -0.2) is 49.1 Å². The summed E-state index contributed by atoms with van der Waals surface area (Å²) in [5.41, 5.74) is 7.62. The Morgan fingerprint density at radius 1 is 1.13 bits per heavy atom. The second-order valence-electron chi connectivity index (χ2n) is 8.05. The lowest BCUT2D eigenvalue weighted by atomic mass is 9.96. The first kappa shape index (κ1) is 20.8. The molecule has 0 saturated carbocycles. The fourth-order valence-electron chi connectivity index (χ4n) is 4.02. The normalized spacial score (nSPS) is 14.8. The number of likely N-dealkylation sites (tertiary alicyclic amines) is 1. The van der Waals surface area contributed by atoms with Gasteiger partial charge in [0, 0.05) is 32.0 Å². The number of primary amides is 1. The summed E-state index contributed by atoms with van der Waals surface area (Å²) in [5.74, 6) is 0.0293. The highest BCUT2D eigenvalue weighted by molar-refractivity contribution is 5.79. The molecule has 31 heavy (non-hydrogen) atoms. The van der Waals surface area contributed by atoms with Crippen LogP contribution in [0.5, 0.6) is 0 Å². The van der Waals surface area contributed by atoms with Crippen molar-refractivity contribution in [2.24, 2.45) is 11.7 Å². The van der Waals surface area contributed by atoms with E-state index in [4.69, 9.17) is 5.73 Å². The minimum Gasteiger partial charge on any atom is -0.369 e. The summed E-state index contributed by atoms with van der Waals surface area (Å²) in [6.45, 7) is 5.04. The van der Waals surface area contributed by atoms with Gasteiger partial charge in [-0.25, -0.2) is 9.67 Å². The Labute approximate surface area is 179 Å². The summed E-state index contributed by atoms with van der Waals surface area (Å²) in [4.78, 5) is 43.3. The predicted octanol–water partition coefficient (Wildman–Crippen LogP) is 1.31. The van der Waals surface area contributed by atoms with Crippen LogP contribution in [0.2, 0.25) is 0 Å². The summed E-state index contributed by atoms with van der Waals surface area (Å²) in [6, 6.07) is 7.83. The van der Waals surface area contributed by atoms with E-state index in [1.54, 1.807) is 16.5 Å². The number of benzene rings is 1. The van der Waals surface area contributed by atoms with Gasteiger partial charge in [-0.3, -0.25) is 19.0 Å². The Morgan fingerprint density at radius 3 is 2.45 bits per heavy atom. The maximum absolute atomic E-state index is 13.0. The molecule has 2 N–H and O–H groups in total. The highest BCUT2D eigenvalue weighted by atomic mass is 16.2. The van der Waals surface area contributed by atoms with E-state index in [0.717, 1.165) is 11.3 Å². The van der Waals surface area contributed by atoms with Crippen molar-refractivity contribution in [1.82, 2.24) is 24.2 Å². The number of hydrogen-bond acceptors (Lipinski definition) is 5. The Hall–Kier alpha value is -3.49. The van der Waals surface area contributed by atoms with E-state index < -0.39 is 0 Å². The molecule has 0 aliphatic carbocycles. The summed E-state index contributed by atoms with van der Waals surface area (Å²) in [5, 5.41) is 4.77. The number of aromatic nitrogens is 4. The van der Waals surface area contributed by atoms with Gasteiger partial charge in [0.2, 0.25) is 11.8 Å². The van der Waals surface area contributed by atoms with Gasteiger partial charge in [0.1, 0.15) is 11.2 Å². The van der Waals surface area contributed by atoms with Crippen molar-refractivity contribution >= 4 is 22.8 Å². The Balaban J connectivity index is 1.51. The van der Waals surface area contributed by atoms with Gasteiger partial charge >= 0.3 is 0 Å². The molecular weight excluding hydrogens is 396 g/mol. The van der Waals surface area contributed by atoms with Gasteiger partial charge in [0.15, 0.2) is 5.65 Å². The molecule has 2 aromatic heterocycles. The number of amides is 2. The molecule has 3 heterocycles. The number of piperidine rings is 1. The van der Waals surface area contributed by atoms with Crippen molar-refractivity contribution in [2.75, 3.05) is 13.1 Å². The number of carbonyl (C=O) groups excluding carboxylic acids is 2. The standard InChI is InChI=1S/C22H26N6O3/c1-14-3-5-17(6-4-14)28-21-18(13-24-28)22(31)27(15(2)25-21)12-9-19(29)26-10-7-16(8-11-26)20(23)30/h3-6,13,16H,7-12H2,1-2H3,(H2,23,30). The lowest BCUT2D eigenvalue weighted by Gasteiger charge is -2.30. The second-order valence-corrected chi connectivity index (χ2v) is 8.05. The van der Waals surface area contributed by atoms with Crippen LogP contribution in [-0.2, 0) is 16.1 Å². The molecule has 9 nitrogen and oxygen atoms in total. The number of hydrogen-bond donors (Lipinski definition) is 1. The van der Waals surface area contributed by atoms with Crippen molar-refractivity contribution in [1.29, 1.82) is 0 Å². The molecule has 9 heteroatoms. The fraction of sp³-hybridized carbons (Fsp3) is 0.409. The third kappa shape index (κ3) is 4.08. The van der Waals surface area contributed by atoms with Gasteiger partial charge in [0.25, 0.3) is 5.56 Å². The van der Waals surface area contributed by atoms with E-state index in [9.17, 15) is 14.4 Å². The van der Waals surface area contributed by atoms with Crippen LogP contribution in [0, 0.1) is 19.8 Å². The summed E-state index contributed by atoms with van der Waals surface area (Å²) < 4.78 is 3.18. The van der Waals surface area contributed by atoms with E-state index in [1.807, 2.05) is 31.2 Å². The van der Waals surface area contributed by atoms with Crippen LogP contribution in [0.4, 0.5) is 0 Å². The molecule has 0 bridgehead atoms. The molecule has 1 aliphatic heterocycles. The third-order valence-corrected chi connectivity index (χ3v) is 5.96. The van der Waals surface area contributed by atoms with Gasteiger partial charge in [-0.15, -0.1) is 0 Å². The summed E-state index contributed by atoms with van der Waals surface area (Å²) >= 11 is 0. The number of aryl methyl sites for hydroxylation is 2. The molecule has 4 rings (SSSR count). The zero-order valence-electron chi connectivity index (χ0n) is 17.7. The van der Waals surface area contributed by atoms with Gasteiger partial charge < -0.3 is 10.6 Å². The second kappa shape index (κ2) is 8.33. The van der Waals surface area contributed by atoms with Crippen LogP contribution in [0.15, 0.2) is 35.3 Å². The van der Waals surface area contributed by atoms with Crippen molar-refractivity contribution in [3.8, 4) is 5.69 Å². The van der Waals surface area contributed by atoms with E-state index in [1.165, 1.54) is 10.8 Å². The molecule has 1 aliphatic rings. The average Bonchev–Trinajstić information content (AvgIpc) is 3.18. The predicted molar refractivity (Wildman–Crippen MR) is 116 cm³/mol. The first-order valence-electron chi connectivity index (χ1n) is 10.4. The van der Waals surface area contributed by atoms with E-state index in [2.05, 4.69) is 10.1 Å². The monoisotopic (exact) mass is 422 g/mol. The molecule has 1 fully saturated rings. The number of nitrogens with zero attached hydrogens (tertiary/aromatic N) is 5. The van der Waals surface area contributed by atoms with Crippen molar-refractivity contribution in [2.45, 2.75) is 39.7 Å². The number of carbonyl (C=O) groups is 2. The zero-order valence-corrected chi connectivity index (χ0v) is 17.7. The van der Waals surface area contributed by atoms with Gasteiger partial charge in [-0.05, 0) is 38.8 Å². The maximum atomic E-state index is 13.0. The summed E-state index contributed by atoms with van der Waals surface area (Å²) in [6.07, 6.45) is 2.90. The van der Waals surface area contributed by atoms with Crippen molar-refractivity contribution in [3.63, 3.8) is 0 Å². The van der Waals surface area contributed by atoms with Crippen LogP contribution in [0.25, 0.3) is 16.7 Å². The van der Waals surface area contributed by atoms with E-state index in [-0.39, 0.29) is 36.3 Å². The minimum absolute atomic E-state index is 0.0373. The van der Waals surface area contributed by atoms with Gasteiger partial charge in [0.05, 0.1) is 11.9 Å². The quantitative estimate of drug-likeness (QED) is 0.666. The highest BCUT2D eigenvalue weighted by Gasteiger charge is 2.26. The van der Waals surface area contributed by atoms with Crippen LogP contribution >= 0.6 is 0 Å². The van der Waals surface area contributed by atoms with Crippen molar-refractivity contribution < 1.29 is 9.59 Å². The smallest absolute Gasteiger partial charge is 0.264 e. The molecule has 3 aromatic rings. The van der Waals surface area contributed by atoms with E-state index in [0.29, 0.717) is 42.8 Å². The van der Waals surface area contributed by atoms with Gasteiger partial charge in [-0.1, -0.05) is 17.7 Å². The molecule has 0 spiro atoms. The lowest BCUT2D eigenvalue weighted by Crippen LogP contribution is -2.42. The Bertz CT molecular complexity index is 1190. The molecule has 0 unspecified atom stereocenters. The molecular formula is C22H26N6O3. The largest absolute Gasteiger partial charge is 0.369 e. The molecule has 1 aromatic carbocycles. The Morgan fingerprint density at radius 2 is 1.81 bits per heavy atom. The highest BCUT2D eigenvalue weighted by Crippen LogP contribution is 2.18. The van der Waals surface area contributed by atoms with Crippen LogP contribution < -0.4 is 11.3 Å². The van der Waals surface area contributed by atoms with Crippen molar-refractivity contribution in [3.05, 3.63) is 52.2 Å². The third-order valence-electron chi connectivity index (χ3n) is 5.96. The van der Waals surface area contributed by atoms with Crippen LogP contribution in [0.1, 0.15) is 30.7 Å². The Kier molecular flexibility index (Phi) is 5.58. The van der Waals surface area contributed by atoms with Crippen LogP contribution in [0.3, 0.4) is 0 Å². The zero-order chi connectivity index (χ0) is 22.1. The minimum atomic E-state index is -0.306. The fourth-order valence-corrected chi connectivity index (χ4v) is 4.02. The van der Waals surface area contributed by atoms with Gasteiger partial charge in [-0.2, -0.15) is 5.10 Å². The molecule has 1 saturated heterocycles. The molecule has 0 atom stereocenters. The van der Waals surface area contributed by atoms with E-state index >= 15 is 0 Å². The maximum Gasteiger partial charge on any atom is 0.264 e. The molecule has 0 radical (unpaired) electrons. The number of nitrogens with two attached hydrogens (primary N) is 1. The first-order chi connectivity index (χ1) is 14.8. The summed E-state index contributed by atoms with van der Waals surface area (Å²) in [7, 11) is 0. The molecule has 2 amide bonds. The lowest BCUT2D eigenvalue weighted by molar-refractivity contribution is -0.135.